The van der Waals surface area contributed by atoms with Gasteiger partial charge in [0.1, 0.15) is 5.75 Å². The van der Waals surface area contributed by atoms with Crippen LogP contribution < -0.4 is 10.1 Å². The standard InChI is InChI=1S/C31H29N5O3/c1-39-27-12-11-24-30(23-17-25(34-19-26(23)35-24)22-5-2-13-32-18-22)29(27)20-7-9-21(10-8-20)31(38)33-14-4-16-36-15-3-6-28(36)37/h2,5,7-13,17-19,35H,3-4,6,14-16H2,1H3,(H,33,38). The molecule has 0 spiro atoms. The molecule has 1 saturated heterocycles. The molecule has 8 heteroatoms. The predicted octanol–water partition coefficient (Wildman–Crippen LogP) is 5.20. The van der Waals surface area contributed by atoms with Gasteiger partial charge in [0, 0.05) is 71.4 Å². The molecule has 0 atom stereocenters. The Kier molecular flexibility index (Phi) is 6.67. The molecule has 3 aromatic heterocycles. The molecule has 1 aliphatic heterocycles. The van der Waals surface area contributed by atoms with E-state index in [1.165, 1.54) is 0 Å². The Morgan fingerprint density at radius 1 is 1.08 bits per heavy atom. The molecule has 0 unspecified atom stereocenters. The number of hydrogen-bond acceptors (Lipinski definition) is 5. The van der Waals surface area contributed by atoms with Gasteiger partial charge < -0.3 is 19.9 Å². The number of H-pyrrole nitrogens is 1. The van der Waals surface area contributed by atoms with Crippen LogP contribution in [0.5, 0.6) is 5.75 Å². The van der Waals surface area contributed by atoms with Gasteiger partial charge in [0.05, 0.1) is 24.5 Å². The molecule has 5 aromatic rings. The van der Waals surface area contributed by atoms with E-state index in [0.29, 0.717) is 25.1 Å². The first-order chi connectivity index (χ1) is 19.1. The van der Waals surface area contributed by atoms with E-state index in [9.17, 15) is 9.59 Å². The summed E-state index contributed by atoms with van der Waals surface area (Å²) in [4.78, 5) is 38.7. The van der Waals surface area contributed by atoms with Crippen molar-refractivity contribution >= 4 is 33.6 Å². The normalized spacial score (nSPS) is 13.4. The fourth-order valence-corrected chi connectivity index (χ4v) is 5.31. The van der Waals surface area contributed by atoms with Crippen molar-refractivity contribution < 1.29 is 14.3 Å². The number of likely N-dealkylation sites (tertiary alicyclic amines) is 1. The number of pyridine rings is 2. The van der Waals surface area contributed by atoms with Crippen molar-refractivity contribution in [1.29, 1.82) is 0 Å². The third kappa shape index (κ3) is 4.81. The lowest BCUT2D eigenvalue weighted by atomic mass is 9.97. The second kappa shape index (κ2) is 10.6. The first kappa shape index (κ1) is 24.6. The lowest BCUT2D eigenvalue weighted by Crippen LogP contribution is -2.30. The highest BCUT2D eigenvalue weighted by molar-refractivity contribution is 6.16. The second-order valence-electron chi connectivity index (χ2n) is 9.72. The van der Waals surface area contributed by atoms with Gasteiger partial charge in [-0.2, -0.15) is 0 Å². The van der Waals surface area contributed by atoms with Gasteiger partial charge in [-0.3, -0.25) is 19.6 Å². The Hall–Kier alpha value is -4.72. The Morgan fingerprint density at radius 3 is 2.69 bits per heavy atom. The number of ether oxygens (including phenoxy) is 1. The number of methoxy groups -OCH3 is 1. The lowest BCUT2D eigenvalue weighted by Gasteiger charge is -2.15. The quantitative estimate of drug-likeness (QED) is 0.275. The molecule has 6 rings (SSSR count). The van der Waals surface area contributed by atoms with Gasteiger partial charge in [0.15, 0.2) is 0 Å². The number of aromatic nitrogens is 3. The zero-order valence-corrected chi connectivity index (χ0v) is 21.7. The van der Waals surface area contributed by atoms with Gasteiger partial charge >= 0.3 is 0 Å². The van der Waals surface area contributed by atoms with Crippen LogP contribution in [-0.2, 0) is 4.79 Å². The summed E-state index contributed by atoms with van der Waals surface area (Å²) in [6.45, 7) is 2.03. The lowest BCUT2D eigenvalue weighted by molar-refractivity contribution is -0.127. The van der Waals surface area contributed by atoms with E-state index in [0.717, 1.165) is 69.3 Å². The number of carbonyl (C=O) groups is 2. The first-order valence-electron chi connectivity index (χ1n) is 13.2. The summed E-state index contributed by atoms with van der Waals surface area (Å²) in [7, 11) is 1.67. The molecule has 0 radical (unpaired) electrons. The van der Waals surface area contributed by atoms with Crippen molar-refractivity contribution in [2.24, 2.45) is 0 Å². The van der Waals surface area contributed by atoms with Crippen molar-refractivity contribution in [2.75, 3.05) is 26.7 Å². The maximum absolute atomic E-state index is 12.8. The highest BCUT2D eigenvalue weighted by atomic mass is 16.5. The maximum Gasteiger partial charge on any atom is 0.251 e. The number of aromatic amines is 1. The molecule has 0 bridgehead atoms. The van der Waals surface area contributed by atoms with E-state index in [1.54, 1.807) is 19.5 Å². The minimum absolute atomic E-state index is 0.126. The van der Waals surface area contributed by atoms with Crippen LogP contribution in [0.1, 0.15) is 29.6 Å². The SMILES string of the molecule is COc1ccc2[nH]c3cnc(-c4cccnc4)cc3c2c1-c1ccc(C(=O)NCCCN2CCCC2=O)cc1. The van der Waals surface area contributed by atoms with E-state index in [1.807, 2.05) is 59.6 Å². The second-order valence-corrected chi connectivity index (χ2v) is 9.72. The van der Waals surface area contributed by atoms with Crippen LogP contribution >= 0.6 is 0 Å². The molecule has 1 aliphatic rings. The Morgan fingerprint density at radius 2 is 1.95 bits per heavy atom. The van der Waals surface area contributed by atoms with Crippen molar-refractivity contribution in [3.8, 4) is 28.1 Å². The molecule has 0 aliphatic carbocycles. The average molecular weight is 520 g/mol. The summed E-state index contributed by atoms with van der Waals surface area (Å²) < 4.78 is 5.79. The number of rotatable bonds is 8. The number of amides is 2. The monoisotopic (exact) mass is 519 g/mol. The van der Waals surface area contributed by atoms with Crippen molar-refractivity contribution in [3.05, 3.63) is 78.8 Å². The number of fused-ring (bicyclic) bond motifs is 3. The minimum Gasteiger partial charge on any atom is -0.496 e. The Balaban J connectivity index is 1.28. The molecule has 0 saturated carbocycles. The number of benzene rings is 2. The fourth-order valence-electron chi connectivity index (χ4n) is 5.31. The molecule has 8 nitrogen and oxygen atoms in total. The summed E-state index contributed by atoms with van der Waals surface area (Å²) in [5.74, 6) is 0.831. The van der Waals surface area contributed by atoms with Gasteiger partial charge in [-0.25, -0.2) is 0 Å². The van der Waals surface area contributed by atoms with Gasteiger partial charge in [-0.15, -0.1) is 0 Å². The van der Waals surface area contributed by atoms with Crippen molar-refractivity contribution in [3.63, 3.8) is 0 Å². The van der Waals surface area contributed by atoms with E-state index in [-0.39, 0.29) is 11.8 Å². The van der Waals surface area contributed by atoms with E-state index < -0.39 is 0 Å². The number of hydrogen-bond donors (Lipinski definition) is 2. The Labute approximate surface area is 226 Å². The molecule has 2 aromatic carbocycles. The fraction of sp³-hybridized carbons (Fsp3) is 0.226. The molecule has 2 N–H and O–H groups in total. The van der Waals surface area contributed by atoms with Gasteiger partial charge in [-0.1, -0.05) is 12.1 Å². The molecular formula is C31H29N5O3. The summed E-state index contributed by atoms with van der Waals surface area (Å²) in [6.07, 6.45) is 7.71. The minimum atomic E-state index is -0.126. The number of carbonyl (C=O) groups excluding carboxylic acids is 2. The van der Waals surface area contributed by atoms with E-state index in [2.05, 4.69) is 26.3 Å². The van der Waals surface area contributed by atoms with Crippen LogP contribution in [0.25, 0.3) is 44.2 Å². The Bertz CT molecular complexity index is 1660. The summed E-state index contributed by atoms with van der Waals surface area (Å²) in [6, 6.07) is 17.5. The molecule has 1 fully saturated rings. The number of nitrogens with zero attached hydrogens (tertiary/aromatic N) is 3. The highest BCUT2D eigenvalue weighted by Gasteiger charge is 2.20. The largest absolute Gasteiger partial charge is 0.496 e. The smallest absolute Gasteiger partial charge is 0.251 e. The molecule has 196 valence electrons. The van der Waals surface area contributed by atoms with Crippen molar-refractivity contribution in [2.45, 2.75) is 19.3 Å². The molecule has 4 heterocycles. The van der Waals surface area contributed by atoms with Gasteiger partial charge in [-0.05, 0) is 60.9 Å². The average Bonchev–Trinajstić information content (AvgIpc) is 3.57. The van der Waals surface area contributed by atoms with Crippen molar-refractivity contribution in [1.82, 2.24) is 25.2 Å². The van der Waals surface area contributed by atoms with Crippen LogP contribution in [0.15, 0.2) is 73.2 Å². The van der Waals surface area contributed by atoms with Crippen LogP contribution in [0.4, 0.5) is 0 Å². The maximum atomic E-state index is 12.8. The van der Waals surface area contributed by atoms with Gasteiger partial charge in [0.25, 0.3) is 5.91 Å². The van der Waals surface area contributed by atoms with Crippen LogP contribution in [-0.4, -0.2) is 58.4 Å². The summed E-state index contributed by atoms with van der Waals surface area (Å²) in [5, 5.41) is 5.04. The summed E-state index contributed by atoms with van der Waals surface area (Å²) >= 11 is 0. The third-order valence-electron chi connectivity index (χ3n) is 7.28. The topological polar surface area (TPSA) is 100 Å². The third-order valence-corrected chi connectivity index (χ3v) is 7.28. The predicted molar refractivity (Wildman–Crippen MR) is 152 cm³/mol. The zero-order chi connectivity index (χ0) is 26.8. The van der Waals surface area contributed by atoms with Gasteiger partial charge in [0.2, 0.25) is 5.91 Å². The highest BCUT2D eigenvalue weighted by Crippen LogP contribution is 2.41. The summed E-state index contributed by atoms with van der Waals surface area (Å²) in [5.41, 5.74) is 6.17. The number of nitrogens with one attached hydrogen (secondary N) is 2. The van der Waals surface area contributed by atoms with E-state index in [4.69, 9.17) is 4.74 Å². The van der Waals surface area contributed by atoms with Crippen LogP contribution in [0.3, 0.4) is 0 Å². The van der Waals surface area contributed by atoms with Crippen LogP contribution in [0.2, 0.25) is 0 Å². The molecule has 2 amide bonds. The molecular weight excluding hydrogens is 490 g/mol. The van der Waals surface area contributed by atoms with Crippen LogP contribution in [0, 0.1) is 0 Å². The zero-order valence-electron chi connectivity index (χ0n) is 21.7. The van der Waals surface area contributed by atoms with E-state index >= 15 is 0 Å². The molecule has 39 heavy (non-hydrogen) atoms. The first-order valence-corrected chi connectivity index (χ1v) is 13.2.